The van der Waals surface area contributed by atoms with Crippen molar-refractivity contribution in [2.75, 3.05) is 13.7 Å². The molecule has 0 amide bonds. The molecule has 0 saturated heterocycles. The number of aliphatic hydroxyl groups excluding tert-OH is 1. The molecule has 112 valence electrons. The van der Waals surface area contributed by atoms with E-state index in [1.165, 1.54) is 13.2 Å². The standard InChI is InChI=1S/C11H16N2O6S/c1-8(5-6-14)12-20(17,18)11-7-9(13(15)16)3-4-10(11)19-2/h3-4,7-8,12,14H,5-6H2,1-2H3. The number of nitro benzene ring substituents is 1. The van der Waals surface area contributed by atoms with Gasteiger partial charge in [0.05, 0.1) is 12.0 Å². The van der Waals surface area contributed by atoms with Crippen LogP contribution in [0.15, 0.2) is 23.1 Å². The van der Waals surface area contributed by atoms with Gasteiger partial charge >= 0.3 is 0 Å². The van der Waals surface area contributed by atoms with Gasteiger partial charge in [0.15, 0.2) is 0 Å². The molecule has 0 heterocycles. The van der Waals surface area contributed by atoms with Gasteiger partial charge in [0, 0.05) is 24.8 Å². The number of benzene rings is 1. The molecule has 0 spiro atoms. The summed E-state index contributed by atoms with van der Waals surface area (Å²) in [4.78, 5) is 9.73. The Bertz CT molecular complexity index is 587. The molecule has 1 rings (SSSR count). The van der Waals surface area contributed by atoms with Crippen LogP contribution in [0.2, 0.25) is 0 Å². The quantitative estimate of drug-likeness (QED) is 0.564. The first-order valence-electron chi connectivity index (χ1n) is 5.77. The summed E-state index contributed by atoms with van der Waals surface area (Å²) in [6, 6.07) is 2.82. The Balaban J connectivity index is 3.21. The van der Waals surface area contributed by atoms with E-state index in [0.29, 0.717) is 0 Å². The van der Waals surface area contributed by atoms with E-state index in [1.807, 2.05) is 0 Å². The third-order valence-electron chi connectivity index (χ3n) is 2.57. The third kappa shape index (κ3) is 3.89. The fraction of sp³-hybridized carbons (Fsp3) is 0.455. The predicted octanol–water partition coefficient (Wildman–Crippen LogP) is 0.653. The fourth-order valence-electron chi connectivity index (χ4n) is 1.57. The van der Waals surface area contributed by atoms with Crippen LogP contribution in [0.3, 0.4) is 0 Å². The summed E-state index contributed by atoms with van der Waals surface area (Å²) in [6.45, 7) is 1.41. The van der Waals surface area contributed by atoms with E-state index in [0.717, 1.165) is 12.1 Å². The zero-order chi connectivity index (χ0) is 15.3. The molecule has 0 saturated carbocycles. The summed E-state index contributed by atoms with van der Waals surface area (Å²) in [5, 5.41) is 19.5. The number of hydrogen-bond donors (Lipinski definition) is 2. The summed E-state index contributed by atoms with van der Waals surface area (Å²) in [6.07, 6.45) is 0.233. The van der Waals surface area contributed by atoms with E-state index in [1.54, 1.807) is 6.92 Å². The maximum atomic E-state index is 12.2. The van der Waals surface area contributed by atoms with E-state index < -0.39 is 21.0 Å². The lowest BCUT2D eigenvalue weighted by atomic mass is 10.3. The normalized spacial score (nSPS) is 12.9. The number of non-ortho nitro benzene ring substituents is 1. The van der Waals surface area contributed by atoms with Crippen LogP contribution in [0.5, 0.6) is 5.75 Å². The minimum absolute atomic E-state index is 0.0132. The van der Waals surface area contributed by atoms with E-state index in [-0.39, 0.29) is 29.4 Å². The zero-order valence-electron chi connectivity index (χ0n) is 11.1. The number of sulfonamides is 1. The average molecular weight is 304 g/mol. The highest BCUT2D eigenvalue weighted by Gasteiger charge is 2.24. The van der Waals surface area contributed by atoms with Crippen LogP contribution in [0.1, 0.15) is 13.3 Å². The van der Waals surface area contributed by atoms with Crippen molar-refractivity contribution in [3.05, 3.63) is 28.3 Å². The number of methoxy groups -OCH3 is 1. The van der Waals surface area contributed by atoms with E-state index in [9.17, 15) is 18.5 Å². The van der Waals surface area contributed by atoms with Crippen molar-refractivity contribution in [1.29, 1.82) is 0 Å². The van der Waals surface area contributed by atoms with Crippen molar-refractivity contribution >= 4 is 15.7 Å². The van der Waals surface area contributed by atoms with Crippen LogP contribution < -0.4 is 9.46 Å². The highest BCUT2D eigenvalue weighted by molar-refractivity contribution is 7.89. The van der Waals surface area contributed by atoms with Gasteiger partial charge in [-0.25, -0.2) is 13.1 Å². The van der Waals surface area contributed by atoms with Gasteiger partial charge in [-0.1, -0.05) is 0 Å². The van der Waals surface area contributed by atoms with Gasteiger partial charge in [0.1, 0.15) is 10.6 Å². The van der Waals surface area contributed by atoms with Gasteiger partial charge in [-0.05, 0) is 19.4 Å². The predicted molar refractivity (Wildman–Crippen MR) is 71.1 cm³/mol. The minimum Gasteiger partial charge on any atom is -0.495 e. The number of ether oxygens (including phenoxy) is 1. The molecule has 0 bridgehead atoms. The van der Waals surface area contributed by atoms with E-state index in [2.05, 4.69) is 4.72 Å². The van der Waals surface area contributed by atoms with Gasteiger partial charge in [0.2, 0.25) is 10.0 Å². The fourth-order valence-corrected chi connectivity index (χ4v) is 3.04. The molecule has 0 aliphatic carbocycles. The van der Waals surface area contributed by atoms with Crippen LogP contribution in [0.4, 0.5) is 5.69 Å². The topological polar surface area (TPSA) is 119 Å². The van der Waals surface area contributed by atoms with Crippen molar-refractivity contribution in [2.24, 2.45) is 0 Å². The third-order valence-corrected chi connectivity index (χ3v) is 4.18. The van der Waals surface area contributed by atoms with Crippen molar-refractivity contribution < 1.29 is 23.2 Å². The molecule has 1 unspecified atom stereocenters. The average Bonchev–Trinajstić information content (AvgIpc) is 2.37. The Kier molecular flexibility index (Phi) is 5.43. The van der Waals surface area contributed by atoms with Crippen molar-refractivity contribution in [1.82, 2.24) is 4.72 Å². The molecule has 0 radical (unpaired) electrons. The smallest absolute Gasteiger partial charge is 0.271 e. The molecule has 20 heavy (non-hydrogen) atoms. The molecule has 0 aliphatic heterocycles. The van der Waals surface area contributed by atoms with Crippen LogP contribution in [-0.4, -0.2) is 38.2 Å². The van der Waals surface area contributed by atoms with Crippen molar-refractivity contribution in [3.8, 4) is 5.75 Å². The second-order valence-corrected chi connectivity index (χ2v) is 5.81. The lowest BCUT2D eigenvalue weighted by Gasteiger charge is -2.14. The Hall–Kier alpha value is -1.71. The second-order valence-electron chi connectivity index (χ2n) is 4.13. The maximum absolute atomic E-state index is 12.2. The zero-order valence-corrected chi connectivity index (χ0v) is 11.9. The molecule has 0 aromatic heterocycles. The van der Waals surface area contributed by atoms with Crippen LogP contribution in [0, 0.1) is 10.1 Å². The Labute approximate surface area is 116 Å². The monoisotopic (exact) mass is 304 g/mol. The molecular weight excluding hydrogens is 288 g/mol. The highest BCUT2D eigenvalue weighted by atomic mass is 32.2. The Morgan fingerprint density at radius 1 is 1.50 bits per heavy atom. The Morgan fingerprint density at radius 2 is 2.15 bits per heavy atom. The lowest BCUT2D eigenvalue weighted by Crippen LogP contribution is -2.33. The van der Waals surface area contributed by atoms with Gasteiger partial charge in [-0.2, -0.15) is 0 Å². The maximum Gasteiger partial charge on any atom is 0.271 e. The molecule has 0 aliphatic rings. The number of nitrogens with zero attached hydrogens (tertiary/aromatic N) is 1. The molecule has 1 aromatic carbocycles. The summed E-state index contributed by atoms with van der Waals surface area (Å²) >= 11 is 0. The first-order valence-corrected chi connectivity index (χ1v) is 7.25. The van der Waals surface area contributed by atoms with Gasteiger partial charge < -0.3 is 9.84 Å². The molecule has 9 heteroatoms. The molecule has 1 atom stereocenters. The summed E-state index contributed by atoms with van der Waals surface area (Å²) in [5.74, 6) is 0.0132. The molecule has 1 aromatic rings. The summed E-state index contributed by atoms with van der Waals surface area (Å²) < 4.78 is 31.6. The number of hydrogen-bond acceptors (Lipinski definition) is 6. The largest absolute Gasteiger partial charge is 0.495 e. The van der Waals surface area contributed by atoms with Gasteiger partial charge in [0.25, 0.3) is 5.69 Å². The second kappa shape index (κ2) is 6.64. The summed E-state index contributed by atoms with van der Waals surface area (Å²) in [5.41, 5.74) is -0.346. The number of nitro groups is 1. The number of rotatable bonds is 7. The Morgan fingerprint density at radius 3 is 2.65 bits per heavy atom. The lowest BCUT2D eigenvalue weighted by molar-refractivity contribution is -0.385. The van der Waals surface area contributed by atoms with Gasteiger partial charge in [-0.15, -0.1) is 0 Å². The van der Waals surface area contributed by atoms with Crippen molar-refractivity contribution in [2.45, 2.75) is 24.3 Å². The highest BCUT2D eigenvalue weighted by Crippen LogP contribution is 2.28. The molecule has 2 N–H and O–H groups in total. The molecule has 0 fully saturated rings. The van der Waals surface area contributed by atoms with Crippen LogP contribution >= 0.6 is 0 Å². The SMILES string of the molecule is COc1ccc([N+](=O)[O-])cc1S(=O)(=O)NC(C)CCO. The van der Waals surface area contributed by atoms with Crippen molar-refractivity contribution in [3.63, 3.8) is 0 Å². The summed E-state index contributed by atoms with van der Waals surface area (Å²) in [7, 11) is -2.70. The molecular formula is C11H16N2O6S. The van der Waals surface area contributed by atoms with Gasteiger partial charge in [-0.3, -0.25) is 10.1 Å². The van der Waals surface area contributed by atoms with E-state index in [4.69, 9.17) is 9.84 Å². The first-order chi connectivity index (χ1) is 9.31. The number of nitrogens with one attached hydrogen (secondary N) is 1. The number of aliphatic hydroxyl groups is 1. The first kappa shape index (κ1) is 16.3. The molecule has 8 nitrogen and oxygen atoms in total. The minimum atomic E-state index is -3.97. The van der Waals surface area contributed by atoms with E-state index >= 15 is 0 Å². The van der Waals surface area contributed by atoms with Crippen LogP contribution in [0.25, 0.3) is 0 Å². The van der Waals surface area contributed by atoms with Crippen LogP contribution in [-0.2, 0) is 10.0 Å².